The van der Waals surface area contributed by atoms with Gasteiger partial charge in [0.05, 0.1) is 0 Å². The molecule has 0 amide bonds. The number of aromatic nitrogens is 1. The highest BCUT2D eigenvalue weighted by Gasteiger charge is 2.22. The minimum Gasteiger partial charge on any atom is -0.201 e. The van der Waals surface area contributed by atoms with Gasteiger partial charge in [0.1, 0.15) is 5.02 Å². The van der Waals surface area contributed by atoms with E-state index in [-0.39, 0.29) is 15.6 Å². The fraction of sp³-hybridized carbons (Fsp3) is 0. The highest BCUT2D eigenvalue weighted by atomic mass is 35.5. The Morgan fingerprint density at radius 1 is 0.944 bits per heavy atom. The molecule has 0 N–H and O–H groups in total. The van der Waals surface area contributed by atoms with E-state index in [1.807, 2.05) is 0 Å². The maximum Gasteiger partial charge on any atom is 0.252 e. The number of hydrogen-bond donors (Lipinski definition) is 0. The molecule has 7 heteroatoms. The normalized spacial score (nSPS) is 10.8. The number of pyridine rings is 1. The van der Waals surface area contributed by atoms with Crippen molar-refractivity contribution in [2.75, 3.05) is 0 Å². The maximum absolute atomic E-state index is 13.6. The fourth-order valence-corrected chi connectivity index (χ4v) is 2.02. The van der Waals surface area contributed by atoms with Gasteiger partial charge in [-0.25, -0.2) is 4.39 Å². The van der Waals surface area contributed by atoms with Gasteiger partial charge in [0.15, 0.2) is 5.82 Å². The van der Waals surface area contributed by atoms with Gasteiger partial charge in [-0.15, -0.1) is 0 Å². The summed E-state index contributed by atoms with van der Waals surface area (Å²) < 4.78 is 39.9. The molecule has 1 aromatic carbocycles. The van der Waals surface area contributed by atoms with E-state index in [9.17, 15) is 13.2 Å². The molecule has 1 heterocycles. The molecule has 0 bridgehead atoms. The van der Waals surface area contributed by atoms with E-state index in [2.05, 4.69) is 4.98 Å². The lowest BCUT2D eigenvalue weighted by molar-refractivity contribution is 0.450. The first-order chi connectivity index (χ1) is 8.41. The second kappa shape index (κ2) is 4.96. The first kappa shape index (κ1) is 13.5. The van der Waals surface area contributed by atoms with Crippen LogP contribution in [-0.2, 0) is 0 Å². The van der Waals surface area contributed by atoms with Gasteiger partial charge in [-0.2, -0.15) is 13.8 Å². The van der Waals surface area contributed by atoms with Crippen LogP contribution in [0.25, 0.3) is 11.1 Å². The smallest absolute Gasteiger partial charge is 0.201 e. The molecular formula is C11H3Cl3F3N. The van der Waals surface area contributed by atoms with Crippen LogP contribution in [0.1, 0.15) is 0 Å². The van der Waals surface area contributed by atoms with Gasteiger partial charge >= 0.3 is 0 Å². The van der Waals surface area contributed by atoms with Gasteiger partial charge in [0.2, 0.25) is 5.95 Å². The zero-order valence-electron chi connectivity index (χ0n) is 8.45. The molecule has 0 aliphatic carbocycles. The van der Waals surface area contributed by atoms with Crippen LogP contribution in [0.2, 0.25) is 15.1 Å². The van der Waals surface area contributed by atoms with Crippen molar-refractivity contribution in [1.82, 2.24) is 4.98 Å². The Hall–Kier alpha value is -0.970. The summed E-state index contributed by atoms with van der Waals surface area (Å²) in [6.07, 6.45) is 0. The van der Waals surface area contributed by atoms with Crippen LogP contribution < -0.4 is 0 Å². The van der Waals surface area contributed by atoms with Crippen molar-refractivity contribution >= 4 is 34.8 Å². The molecule has 0 saturated heterocycles. The summed E-state index contributed by atoms with van der Waals surface area (Å²) in [5.41, 5.74) is -0.513. The minimum atomic E-state index is -1.59. The molecule has 2 aromatic rings. The summed E-state index contributed by atoms with van der Waals surface area (Å²) in [5, 5.41) is -0.370. The van der Waals surface area contributed by atoms with Gasteiger partial charge in [-0.1, -0.05) is 34.8 Å². The number of hydrogen-bond acceptors (Lipinski definition) is 1. The molecule has 0 radical (unpaired) electrons. The zero-order chi connectivity index (χ0) is 13.4. The Balaban J connectivity index is 2.82. The minimum absolute atomic E-state index is 0.00753. The van der Waals surface area contributed by atoms with E-state index < -0.39 is 28.3 Å². The van der Waals surface area contributed by atoms with Crippen LogP contribution in [0.4, 0.5) is 13.2 Å². The van der Waals surface area contributed by atoms with Gasteiger partial charge < -0.3 is 0 Å². The molecule has 0 saturated carbocycles. The van der Waals surface area contributed by atoms with E-state index in [0.717, 1.165) is 0 Å². The van der Waals surface area contributed by atoms with E-state index in [1.165, 1.54) is 18.2 Å². The van der Waals surface area contributed by atoms with Crippen LogP contribution in [0.15, 0.2) is 18.2 Å². The monoisotopic (exact) mass is 311 g/mol. The third-order valence-corrected chi connectivity index (χ3v) is 3.10. The standard InChI is InChI=1S/C11H3Cl3F3N/c12-4-1-2-6(13)5(3-4)7-8(14)10(16)18-11(17)9(7)15/h1-3H. The molecule has 2 rings (SSSR count). The Labute approximate surface area is 115 Å². The molecule has 0 unspecified atom stereocenters. The average Bonchev–Trinajstić information content (AvgIpc) is 2.31. The van der Waals surface area contributed by atoms with Crippen LogP contribution in [0, 0.1) is 17.7 Å². The second-order valence-electron chi connectivity index (χ2n) is 3.32. The molecule has 0 aliphatic rings. The summed E-state index contributed by atoms with van der Waals surface area (Å²) in [6.45, 7) is 0. The van der Waals surface area contributed by atoms with Gasteiger partial charge in [-0.3, -0.25) is 0 Å². The number of rotatable bonds is 1. The predicted octanol–water partition coefficient (Wildman–Crippen LogP) is 5.13. The molecule has 94 valence electrons. The van der Waals surface area contributed by atoms with Crippen molar-refractivity contribution in [1.29, 1.82) is 0 Å². The molecule has 0 atom stereocenters. The summed E-state index contributed by atoms with van der Waals surface area (Å²) in [5.74, 6) is -4.30. The highest BCUT2D eigenvalue weighted by Crippen LogP contribution is 2.38. The SMILES string of the molecule is Fc1nc(F)c(Cl)c(-c2cc(Cl)ccc2Cl)c1F. The summed E-state index contributed by atoms with van der Waals surface area (Å²) in [7, 11) is 0. The lowest BCUT2D eigenvalue weighted by Gasteiger charge is -2.09. The summed E-state index contributed by atoms with van der Waals surface area (Å²) in [6, 6.07) is 4.07. The van der Waals surface area contributed by atoms with Crippen molar-refractivity contribution in [3.63, 3.8) is 0 Å². The van der Waals surface area contributed by atoms with E-state index in [4.69, 9.17) is 34.8 Å². The van der Waals surface area contributed by atoms with Crippen molar-refractivity contribution < 1.29 is 13.2 Å². The predicted molar refractivity (Wildman–Crippen MR) is 64.6 cm³/mol. The van der Waals surface area contributed by atoms with E-state index in [1.54, 1.807) is 0 Å². The lowest BCUT2D eigenvalue weighted by Crippen LogP contribution is -1.99. The van der Waals surface area contributed by atoms with Crippen molar-refractivity contribution in [3.8, 4) is 11.1 Å². The highest BCUT2D eigenvalue weighted by molar-refractivity contribution is 6.37. The third kappa shape index (κ3) is 2.28. The van der Waals surface area contributed by atoms with Gasteiger partial charge in [0, 0.05) is 21.2 Å². The number of nitrogens with zero attached hydrogens (tertiary/aromatic N) is 1. The van der Waals surface area contributed by atoms with Crippen molar-refractivity contribution in [2.45, 2.75) is 0 Å². The Morgan fingerprint density at radius 3 is 2.28 bits per heavy atom. The fourth-order valence-electron chi connectivity index (χ4n) is 1.41. The van der Waals surface area contributed by atoms with Crippen LogP contribution >= 0.6 is 34.8 Å². The average molecular weight is 313 g/mol. The Morgan fingerprint density at radius 2 is 1.61 bits per heavy atom. The van der Waals surface area contributed by atoms with E-state index >= 15 is 0 Å². The molecule has 1 aromatic heterocycles. The quantitative estimate of drug-likeness (QED) is 0.666. The maximum atomic E-state index is 13.6. The topological polar surface area (TPSA) is 12.9 Å². The van der Waals surface area contributed by atoms with Crippen LogP contribution in [0.3, 0.4) is 0 Å². The first-order valence-corrected chi connectivity index (χ1v) is 5.70. The first-order valence-electron chi connectivity index (χ1n) is 4.57. The Bertz CT molecular complexity index is 605. The molecule has 18 heavy (non-hydrogen) atoms. The van der Waals surface area contributed by atoms with Crippen molar-refractivity contribution in [2.24, 2.45) is 0 Å². The molecule has 0 fully saturated rings. The Kier molecular flexibility index (Phi) is 3.71. The summed E-state index contributed by atoms with van der Waals surface area (Å²) >= 11 is 17.1. The number of halogens is 6. The largest absolute Gasteiger partial charge is 0.252 e. The molecule has 1 nitrogen and oxygen atoms in total. The van der Waals surface area contributed by atoms with Crippen LogP contribution in [-0.4, -0.2) is 4.98 Å². The van der Waals surface area contributed by atoms with Crippen LogP contribution in [0.5, 0.6) is 0 Å². The van der Waals surface area contributed by atoms with E-state index in [0.29, 0.717) is 0 Å². The van der Waals surface area contributed by atoms with Gasteiger partial charge in [-0.05, 0) is 18.2 Å². The molecule has 0 aliphatic heterocycles. The molecular weight excluding hydrogens is 309 g/mol. The van der Waals surface area contributed by atoms with Gasteiger partial charge in [0.25, 0.3) is 5.95 Å². The second-order valence-corrected chi connectivity index (χ2v) is 4.54. The summed E-state index contributed by atoms with van der Waals surface area (Å²) in [4.78, 5) is 2.69. The third-order valence-electron chi connectivity index (χ3n) is 2.20. The zero-order valence-corrected chi connectivity index (χ0v) is 10.7. The lowest BCUT2D eigenvalue weighted by atomic mass is 10.1. The molecule has 0 spiro atoms. The number of benzene rings is 1. The van der Waals surface area contributed by atoms with Crippen molar-refractivity contribution in [3.05, 3.63) is 51.0 Å².